The molecule has 0 saturated carbocycles. The Morgan fingerprint density at radius 3 is 2.52 bits per heavy atom. The molecule has 0 unspecified atom stereocenters. The van der Waals surface area contributed by atoms with Crippen molar-refractivity contribution in [1.29, 1.82) is 0 Å². The third-order valence-electron chi connectivity index (χ3n) is 6.60. The van der Waals surface area contributed by atoms with Crippen LogP contribution in [0.5, 0.6) is 11.6 Å². The van der Waals surface area contributed by atoms with E-state index >= 15 is 0 Å². The first-order chi connectivity index (χ1) is 19.1. The first-order valence-corrected chi connectivity index (χ1v) is 13.5. The Hall–Kier alpha value is -4.12. The maximum atomic E-state index is 14.4. The van der Waals surface area contributed by atoms with Crippen LogP contribution in [0.15, 0.2) is 71.5 Å². The maximum Gasteiger partial charge on any atom is 0.255 e. The summed E-state index contributed by atoms with van der Waals surface area (Å²) in [5.41, 5.74) is 2.38. The molecule has 2 amide bonds. The second-order valence-corrected chi connectivity index (χ2v) is 11.4. The van der Waals surface area contributed by atoms with Crippen molar-refractivity contribution in [3.63, 3.8) is 0 Å². The summed E-state index contributed by atoms with van der Waals surface area (Å²) in [4.78, 5) is 33.3. The molecule has 0 aliphatic carbocycles. The van der Waals surface area contributed by atoms with Crippen LogP contribution in [0, 0.1) is 5.82 Å². The molecule has 0 atom stereocenters. The van der Waals surface area contributed by atoms with Crippen molar-refractivity contribution in [1.82, 2.24) is 29.8 Å². The van der Waals surface area contributed by atoms with E-state index in [1.807, 2.05) is 24.3 Å². The smallest absolute Gasteiger partial charge is 0.255 e. The minimum absolute atomic E-state index is 0.0483. The number of hydrogen-bond acceptors (Lipinski definition) is 6. The van der Waals surface area contributed by atoms with Gasteiger partial charge in [0.2, 0.25) is 11.8 Å². The Kier molecular flexibility index (Phi) is 7.66. The van der Waals surface area contributed by atoms with Crippen molar-refractivity contribution in [2.45, 2.75) is 32.7 Å². The summed E-state index contributed by atoms with van der Waals surface area (Å²) in [6.45, 7) is 7.28. The number of nitrogens with zero attached hydrogens (tertiary/aromatic N) is 6. The molecule has 2 aromatic heterocycles. The van der Waals surface area contributed by atoms with Gasteiger partial charge in [0.15, 0.2) is 5.82 Å². The van der Waals surface area contributed by atoms with Crippen molar-refractivity contribution < 1.29 is 18.7 Å². The lowest BCUT2D eigenvalue weighted by Gasteiger charge is -2.33. The van der Waals surface area contributed by atoms with Gasteiger partial charge >= 0.3 is 0 Å². The number of aromatic nitrogens is 4. The van der Waals surface area contributed by atoms with E-state index in [1.165, 1.54) is 21.3 Å². The Balaban J connectivity index is 1.16. The first-order valence-electron chi connectivity index (χ1n) is 12.8. The topological polar surface area (TPSA) is 93.5 Å². The van der Waals surface area contributed by atoms with Crippen LogP contribution < -0.4 is 4.74 Å². The molecule has 11 heteroatoms. The third-order valence-corrected chi connectivity index (χ3v) is 7.22. The zero-order valence-electron chi connectivity index (χ0n) is 22.3. The van der Waals surface area contributed by atoms with Gasteiger partial charge in [0.05, 0.1) is 22.8 Å². The SMILES string of the molecule is CC(C)(C)c1ccc(Oc2ccc(C(=O)N3CCN(Cc4cn(-c5cccc(Br)c5F)nn4)C(=O)C3)cn2)cc1. The molecule has 206 valence electrons. The van der Waals surface area contributed by atoms with Gasteiger partial charge in [0, 0.05) is 25.4 Å². The lowest BCUT2D eigenvalue weighted by molar-refractivity contribution is -0.135. The molecule has 0 spiro atoms. The van der Waals surface area contributed by atoms with Gasteiger partial charge in [0.25, 0.3) is 5.91 Å². The normalized spacial score (nSPS) is 14.0. The fraction of sp³-hybridized carbons (Fsp3) is 0.276. The number of benzene rings is 2. The Bertz CT molecular complexity index is 1530. The van der Waals surface area contributed by atoms with Crippen molar-refractivity contribution in [3.05, 3.63) is 94.1 Å². The van der Waals surface area contributed by atoms with E-state index in [1.54, 1.807) is 41.4 Å². The van der Waals surface area contributed by atoms with Crippen LogP contribution in [0.2, 0.25) is 0 Å². The molecule has 2 aromatic carbocycles. The number of carbonyl (C=O) groups is 2. The van der Waals surface area contributed by atoms with Crippen LogP contribution in [0.1, 0.15) is 42.4 Å². The highest BCUT2D eigenvalue weighted by atomic mass is 79.9. The highest BCUT2D eigenvalue weighted by Crippen LogP contribution is 2.26. The van der Waals surface area contributed by atoms with Gasteiger partial charge in [-0.1, -0.05) is 44.2 Å². The minimum Gasteiger partial charge on any atom is -0.439 e. The third kappa shape index (κ3) is 6.04. The van der Waals surface area contributed by atoms with Gasteiger partial charge in [-0.05, 0) is 57.2 Å². The zero-order chi connectivity index (χ0) is 28.4. The van der Waals surface area contributed by atoms with E-state index in [2.05, 4.69) is 52.0 Å². The number of halogens is 2. The van der Waals surface area contributed by atoms with Gasteiger partial charge in [0.1, 0.15) is 23.7 Å². The molecule has 5 rings (SSSR count). The number of ether oxygens (including phenoxy) is 1. The predicted molar refractivity (Wildman–Crippen MR) is 150 cm³/mol. The van der Waals surface area contributed by atoms with E-state index in [4.69, 9.17) is 4.74 Å². The van der Waals surface area contributed by atoms with E-state index in [9.17, 15) is 14.0 Å². The van der Waals surface area contributed by atoms with E-state index in [0.29, 0.717) is 40.4 Å². The Morgan fingerprint density at radius 2 is 1.85 bits per heavy atom. The quantitative estimate of drug-likeness (QED) is 0.302. The summed E-state index contributed by atoms with van der Waals surface area (Å²) in [7, 11) is 0. The fourth-order valence-corrected chi connectivity index (χ4v) is 4.65. The van der Waals surface area contributed by atoms with E-state index in [-0.39, 0.29) is 36.0 Å². The molecule has 1 saturated heterocycles. The molecule has 40 heavy (non-hydrogen) atoms. The summed E-state index contributed by atoms with van der Waals surface area (Å²) in [6, 6.07) is 16.0. The number of rotatable bonds is 6. The summed E-state index contributed by atoms with van der Waals surface area (Å²) in [5.74, 6) is 0.0814. The lowest BCUT2D eigenvalue weighted by atomic mass is 9.87. The highest BCUT2D eigenvalue weighted by molar-refractivity contribution is 9.10. The molecular formula is C29H28BrFN6O3. The predicted octanol–water partition coefficient (Wildman–Crippen LogP) is 5.14. The molecule has 9 nitrogen and oxygen atoms in total. The van der Waals surface area contributed by atoms with Gasteiger partial charge in [-0.2, -0.15) is 0 Å². The summed E-state index contributed by atoms with van der Waals surface area (Å²) < 4.78 is 21.9. The molecule has 1 aliphatic heterocycles. The second kappa shape index (κ2) is 11.2. The summed E-state index contributed by atoms with van der Waals surface area (Å²) in [5, 5.41) is 8.08. The van der Waals surface area contributed by atoms with Gasteiger partial charge in [-0.3, -0.25) is 9.59 Å². The van der Waals surface area contributed by atoms with Gasteiger partial charge < -0.3 is 14.5 Å². The number of carbonyl (C=O) groups excluding carboxylic acids is 2. The zero-order valence-corrected chi connectivity index (χ0v) is 23.9. The summed E-state index contributed by atoms with van der Waals surface area (Å²) >= 11 is 3.16. The molecule has 1 aliphatic rings. The number of hydrogen-bond donors (Lipinski definition) is 0. The lowest BCUT2D eigenvalue weighted by Crippen LogP contribution is -2.51. The molecule has 0 radical (unpaired) electrons. The van der Waals surface area contributed by atoms with Crippen LogP contribution in [0.3, 0.4) is 0 Å². The monoisotopic (exact) mass is 606 g/mol. The van der Waals surface area contributed by atoms with Gasteiger partial charge in [-0.25, -0.2) is 14.1 Å². The Morgan fingerprint density at radius 1 is 1.07 bits per heavy atom. The van der Waals surface area contributed by atoms with Crippen molar-refractivity contribution in [3.8, 4) is 17.3 Å². The molecule has 0 N–H and O–H groups in total. The Labute approximate surface area is 239 Å². The highest BCUT2D eigenvalue weighted by Gasteiger charge is 2.28. The van der Waals surface area contributed by atoms with Crippen molar-refractivity contribution in [2.24, 2.45) is 0 Å². The molecular weight excluding hydrogens is 579 g/mol. The maximum absolute atomic E-state index is 14.4. The van der Waals surface area contributed by atoms with Crippen LogP contribution in [0.25, 0.3) is 5.69 Å². The fourth-order valence-electron chi connectivity index (χ4n) is 4.30. The van der Waals surface area contributed by atoms with Crippen LogP contribution in [-0.4, -0.2) is 61.2 Å². The average molecular weight is 607 g/mol. The van der Waals surface area contributed by atoms with Crippen molar-refractivity contribution in [2.75, 3.05) is 19.6 Å². The average Bonchev–Trinajstić information content (AvgIpc) is 3.39. The van der Waals surface area contributed by atoms with Gasteiger partial charge in [-0.15, -0.1) is 5.10 Å². The molecule has 3 heterocycles. The number of pyridine rings is 1. The largest absolute Gasteiger partial charge is 0.439 e. The molecule has 1 fully saturated rings. The summed E-state index contributed by atoms with van der Waals surface area (Å²) in [6.07, 6.45) is 3.04. The van der Waals surface area contributed by atoms with Crippen LogP contribution in [-0.2, 0) is 16.8 Å². The van der Waals surface area contributed by atoms with E-state index < -0.39 is 5.82 Å². The molecule has 4 aromatic rings. The van der Waals surface area contributed by atoms with Crippen molar-refractivity contribution >= 4 is 27.7 Å². The minimum atomic E-state index is -0.453. The number of amides is 2. The standard InChI is InChI=1S/C29H28BrFN6O3/c1-29(2,3)20-8-10-22(11-9-20)40-25-12-7-19(15-32-25)28(39)36-14-13-35(26(38)18-36)16-21-17-37(34-33-21)24-6-4-5-23(30)27(24)31/h4-12,15,17H,13-14,16,18H2,1-3H3. The van der Waals surface area contributed by atoms with E-state index in [0.717, 1.165) is 0 Å². The first kappa shape index (κ1) is 27.4. The van der Waals surface area contributed by atoms with Crippen LogP contribution in [0.4, 0.5) is 4.39 Å². The second-order valence-electron chi connectivity index (χ2n) is 10.5. The van der Waals surface area contributed by atoms with Crippen LogP contribution >= 0.6 is 15.9 Å². The molecule has 0 bridgehead atoms. The number of piperazine rings is 1.